The molecule has 0 rings (SSSR count). The molecule has 0 fully saturated rings. The molecule has 0 aromatic heterocycles. The van der Waals surface area contributed by atoms with Crippen LogP contribution in [0.15, 0.2) is 11.6 Å². The molecule has 0 aromatic carbocycles. The zero-order valence-electron chi connectivity index (χ0n) is 9.96. The number of rotatable bonds is 5. The van der Waals surface area contributed by atoms with Crippen molar-refractivity contribution in [1.29, 1.82) is 0 Å². The summed E-state index contributed by atoms with van der Waals surface area (Å²) in [6.45, 7) is 8.69. The molecule has 0 aliphatic rings. The molecule has 2 amide bonds. The maximum absolute atomic E-state index is 11.6. The minimum absolute atomic E-state index is 0.108. The molecule has 0 aromatic rings. The molecule has 0 heterocycles. The molecular formula is C11H20N2O2. The highest BCUT2D eigenvalue weighted by Crippen LogP contribution is 1.95. The second-order valence-corrected chi connectivity index (χ2v) is 3.53. The Morgan fingerprint density at radius 1 is 1.27 bits per heavy atom. The number of hydrogen-bond acceptors (Lipinski definition) is 2. The molecule has 4 nitrogen and oxygen atoms in total. The van der Waals surface area contributed by atoms with Gasteiger partial charge in [0.05, 0.1) is 6.54 Å². The number of nitrogens with zero attached hydrogens (tertiary/aromatic N) is 1. The first-order valence-electron chi connectivity index (χ1n) is 5.21. The standard InChI is InChI=1S/C11H20N2O2/c1-5-12-10(14)8-13(6-2)11(15)7-9(3)4/h7H,5-6,8H2,1-4H3,(H,12,14). The first-order valence-corrected chi connectivity index (χ1v) is 5.21. The number of nitrogens with one attached hydrogen (secondary N) is 1. The predicted octanol–water partition coefficient (Wildman–Crippen LogP) is 0.937. The highest BCUT2D eigenvalue weighted by molar-refractivity contribution is 5.91. The van der Waals surface area contributed by atoms with E-state index in [-0.39, 0.29) is 18.4 Å². The van der Waals surface area contributed by atoms with Gasteiger partial charge in [-0.1, -0.05) is 5.57 Å². The maximum atomic E-state index is 11.6. The van der Waals surface area contributed by atoms with Crippen LogP contribution in [0.3, 0.4) is 0 Å². The third-order valence-corrected chi connectivity index (χ3v) is 1.81. The van der Waals surface area contributed by atoms with E-state index in [0.717, 1.165) is 5.57 Å². The Morgan fingerprint density at radius 3 is 2.27 bits per heavy atom. The zero-order valence-corrected chi connectivity index (χ0v) is 9.96. The number of hydrogen-bond donors (Lipinski definition) is 1. The fourth-order valence-electron chi connectivity index (χ4n) is 1.11. The first kappa shape index (κ1) is 13.7. The van der Waals surface area contributed by atoms with Gasteiger partial charge >= 0.3 is 0 Å². The lowest BCUT2D eigenvalue weighted by Gasteiger charge is -2.18. The highest BCUT2D eigenvalue weighted by atomic mass is 16.2. The van der Waals surface area contributed by atoms with Crippen molar-refractivity contribution < 1.29 is 9.59 Å². The summed E-state index contributed by atoms with van der Waals surface area (Å²) in [4.78, 5) is 24.4. The summed E-state index contributed by atoms with van der Waals surface area (Å²) < 4.78 is 0. The lowest BCUT2D eigenvalue weighted by atomic mass is 10.3. The summed E-state index contributed by atoms with van der Waals surface area (Å²) in [6.07, 6.45) is 1.54. The molecule has 0 spiro atoms. The fraction of sp³-hybridized carbons (Fsp3) is 0.636. The third kappa shape index (κ3) is 5.88. The summed E-state index contributed by atoms with van der Waals surface area (Å²) in [5.41, 5.74) is 0.939. The molecule has 1 N–H and O–H groups in total. The number of amides is 2. The van der Waals surface area contributed by atoms with Crippen molar-refractivity contribution in [3.63, 3.8) is 0 Å². The normalized spacial score (nSPS) is 9.33. The van der Waals surface area contributed by atoms with Crippen LogP contribution in [0.4, 0.5) is 0 Å². The van der Waals surface area contributed by atoms with Crippen molar-refractivity contribution in [3.05, 3.63) is 11.6 Å². The molecule has 0 bridgehead atoms. The third-order valence-electron chi connectivity index (χ3n) is 1.81. The summed E-state index contributed by atoms with van der Waals surface area (Å²) in [6, 6.07) is 0. The average Bonchev–Trinajstić information content (AvgIpc) is 2.13. The largest absolute Gasteiger partial charge is 0.355 e. The topological polar surface area (TPSA) is 49.4 Å². The molecule has 0 radical (unpaired) electrons. The van der Waals surface area contributed by atoms with E-state index in [1.807, 2.05) is 27.7 Å². The number of likely N-dealkylation sites (N-methyl/N-ethyl adjacent to an activating group) is 2. The Bertz CT molecular complexity index is 255. The van der Waals surface area contributed by atoms with Crippen LogP contribution < -0.4 is 5.32 Å². The SMILES string of the molecule is CCNC(=O)CN(CC)C(=O)C=C(C)C. The van der Waals surface area contributed by atoms with Crippen LogP contribution in [0, 0.1) is 0 Å². The molecule has 0 unspecified atom stereocenters. The van der Waals surface area contributed by atoms with Crippen molar-refractivity contribution in [3.8, 4) is 0 Å². The lowest BCUT2D eigenvalue weighted by molar-refractivity contribution is -0.132. The summed E-state index contributed by atoms with van der Waals surface area (Å²) in [5, 5.41) is 2.66. The molecule has 0 aliphatic heterocycles. The predicted molar refractivity (Wildman–Crippen MR) is 60.4 cm³/mol. The van der Waals surface area contributed by atoms with Gasteiger partial charge in [-0.25, -0.2) is 0 Å². The van der Waals surface area contributed by atoms with E-state index >= 15 is 0 Å². The van der Waals surface area contributed by atoms with Crippen LogP contribution in [-0.2, 0) is 9.59 Å². The number of carbonyl (C=O) groups excluding carboxylic acids is 2. The highest BCUT2D eigenvalue weighted by Gasteiger charge is 2.12. The second-order valence-electron chi connectivity index (χ2n) is 3.53. The lowest BCUT2D eigenvalue weighted by Crippen LogP contribution is -2.39. The Kier molecular flexibility index (Phi) is 6.42. The number of allylic oxidation sites excluding steroid dienone is 1. The van der Waals surface area contributed by atoms with Crippen molar-refractivity contribution >= 4 is 11.8 Å². The van der Waals surface area contributed by atoms with Crippen LogP contribution in [0.2, 0.25) is 0 Å². The molecule has 4 heteroatoms. The Labute approximate surface area is 91.3 Å². The Hall–Kier alpha value is -1.32. The van der Waals surface area contributed by atoms with Gasteiger partial charge in [0, 0.05) is 19.2 Å². The van der Waals surface area contributed by atoms with E-state index in [2.05, 4.69) is 5.32 Å². The van der Waals surface area contributed by atoms with Gasteiger partial charge in [0.25, 0.3) is 0 Å². The van der Waals surface area contributed by atoms with Crippen molar-refractivity contribution in [2.45, 2.75) is 27.7 Å². The van der Waals surface area contributed by atoms with Crippen LogP contribution >= 0.6 is 0 Å². The van der Waals surface area contributed by atoms with Gasteiger partial charge < -0.3 is 10.2 Å². The molecule has 0 saturated heterocycles. The molecule has 15 heavy (non-hydrogen) atoms. The van der Waals surface area contributed by atoms with Gasteiger partial charge in [0.2, 0.25) is 11.8 Å². The molecule has 86 valence electrons. The van der Waals surface area contributed by atoms with E-state index in [0.29, 0.717) is 13.1 Å². The number of carbonyl (C=O) groups is 2. The summed E-state index contributed by atoms with van der Waals surface area (Å²) in [5.74, 6) is -0.224. The van der Waals surface area contributed by atoms with Gasteiger partial charge in [-0.05, 0) is 27.7 Å². The minimum Gasteiger partial charge on any atom is -0.355 e. The average molecular weight is 212 g/mol. The van der Waals surface area contributed by atoms with E-state index < -0.39 is 0 Å². The van der Waals surface area contributed by atoms with Crippen molar-refractivity contribution in [2.24, 2.45) is 0 Å². The molecule has 0 saturated carbocycles. The van der Waals surface area contributed by atoms with E-state index in [1.54, 1.807) is 6.08 Å². The molecule has 0 aliphatic carbocycles. The van der Waals surface area contributed by atoms with E-state index in [9.17, 15) is 9.59 Å². The second kappa shape index (κ2) is 7.04. The Morgan fingerprint density at radius 2 is 1.87 bits per heavy atom. The van der Waals surface area contributed by atoms with Crippen molar-refractivity contribution in [1.82, 2.24) is 10.2 Å². The smallest absolute Gasteiger partial charge is 0.246 e. The van der Waals surface area contributed by atoms with Gasteiger partial charge in [-0.15, -0.1) is 0 Å². The van der Waals surface area contributed by atoms with Crippen LogP contribution in [-0.4, -0.2) is 36.3 Å². The van der Waals surface area contributed by atoms with Gasteiger partial charge in [-0.3, -0.25) is 9.59 Å². The van der Waals surface area contributed by atoms with Crippen molar-refractivity contribution in [2.75, 3.05) is 19.6 Å². The molecular weight excluding hydrogens is 192 g/mol. The summed E-state index contributed by atoms with van der Waals surface area (Å²) in [7, 11) is 0. The van der Waals surface area contributed by atoms with Crippen LogP contribution in [0.25, 0.3) is 0 Å². The minimum atomic E-state index is -0.116. The van der Waals surface area contributed by atoms with Gasteiger partial charge in [0.1, 0.15) is 0 Å². The van der Waals surface area contributed by atoms with Crippen LogP contribution in [0.5, 0.6) is 0 Å². The van der Waals surface area contributed by atoms with Crippen LogP contribution in [0.1, 0.15) is 27.7 Å². The van der Waals surface area contributed by atoms with Gasteiger partial charge in [-0.2, -0.15) is 0 Å². The Balaban J connectivity index is 4.31. The quantitative estimate of drug-likeness (QED) is 0.689. The zero-order chi connectivity index (χ0) is 11.8. The molecule has 0 atom stereocenters. The first-order chi connectivity index (χ1) is 7.01. The monoisotopic (exact) mass is 212 g/mol. The van der Waals surface area contributed by atoms with E-state index in [1.165, 1.54) is 4.90 Å². The van der Waals surface area contributed by atoms with E-state index in [4.69, 9.17) is 0 Å². The van der Waals surface area contributed by atoms with Gasteiger partial charge in [0.15, 0.2) is 0 Å². The maximum Gasteiger partial charge on any atom is 0.246 e. The fourth-order valence-corrected chi connectivity index (χ4v) is 1.11. The summed E-state index contributed by atoms with van der Waals surface area (Å²) >= 11 is 0.